The van der Waals surface area contributed by atoms with Crippen molar-refractivity contribution in [1.82, 2.24) is 9.88 Å². The average Bonchev–Trinajstić information content (AvgIpc) is 2.60. The van der Waals surface area contributed by atoms with Crippen LogP contribution in [0.25, 0.3) is 0 Å². The van der Waals surface area contributed by atoms with Crippen LogP contribution < -0.4 is 0 Å². The summed E-state index contributed by atoms with van der Waals surface area (Å²) in [4.78, 5) is 29.5. The quantitative estimate of drug-likeness (QED) is 0.900. The monoisotopic (exact) mass is 276 g/mol. The molecule has 0 aromatic carbocycles. The smallest absolute Gasteiger partial charge is 0.337 e. The Kier molecular flexibility index (Phi) is 3.54. The van der Waals surface area contributed by atoms with Crippen molar-refractivity contribution in [2.24, 2.45) is 5.92 Å². The fourth-order valence-electron chi connectivity index (χ4n) is 2.99. The lowest BCUT2D eigenvalue weighted by Gasteiger charge is -2.31. The van der Waals surface area contributed by atoms with Gasteiger partial charge in [0.25, 0.3) is 5.91 Å². The molecule has 2 heterocycles. The highest BCUT2D eigenvalue weighted by Gasteiger charge is 2.40. The molecule has 1 aliphatic rings. The number of amides is 1. The molecule has 0 aliphatic carbocycles. The average molecular weight is 276 g/mol. The number of likely N-dealkylation sites (tertiary alicyclic amines) is 1. The molecule has 0 bridgehead atoms. The number of pyridine rings is 1. The van der Waals surface area contributed by atoms with Crippen molar-refractivity contribution in [2.45, 2.75) is 39.7 Å². The molecular formula is C15H20N2O3. The van der Waals surface area contributed by atoms with Crippen LogP contribution in [0.3, 0.4) is 0 Å². The molecule has 5 heteroatoms. The highest BCUT2D eigenvalue weighted by atomic mass is 16.4. The van der Waals surface area contributed by atoms with Gasteiger partial charge in [-0.2, -0.15) is 0 Å². The number of carboxylic acids is 1. The predicted octanol–water partition coefficient (Wildman–Crippen LogP) is 2.35. The fourth-order valence-corrected chi connectivity index (χ4v) is 2.99. The maximum atomic E-state index is 12.6. The van der Waals surface area contributed by atoms with Gasteiger partial charge in [-0.05, 0) is 45.2 Å². The number of aromatic carboxylic acids is 1. The molecule has 1 fully saturated rings. The number of hydrogen-bond donors (Lipinski definition) is 1. The summed E-state index contributed by atoms with van der Waals surface area (Å²) < 4.78 is 0. The number of carboxylic acid groups (broad SMARTS) is 1. The van der Waals surface area contributed by atoms with Crippen molar-refractivity contribution < 1.29 is 14.7 Å². The van der Waals surface area contributed by atoms with E-state index in [9.17, 15) is 9.59 Å². The van der Waals surface area contributed by atoms with Gasteiger partial charge in [0.15, 0.2) is 0 Å². The normalized spacial score (nSPS) is 21.0. The molecule has 1 atom stereocenters. The van der Waals surface area contributed by atoms with Crippen molar-refractivity contribution in [2.75, 3.05) is 6.54 Å². The van der Waals surface area contributed by atoms with Crippen molar-refractivity contribution in [3.8, 4) is 0 Å². The van der Waals surface area contributed by atoms with E-state index in [1.165, 1.54) is 12.1 Å². The van der Waals surface area contributed by atoms with Crippen molar-refractivity contribution >= 4 is 11.9 Å². The van der Waals surface area contributed by atoms with Gasteiger partial charge < -0.3 is 10.0 Å². The summed E-state index contributed by atoms with van der Waals surface area (Å²) >= 11 is 0. The molecule has 1 unspecified atom stereocenters. The van der Waals surface area contributed by atoms with Crippen LogP contribution in [0.1, 0.15) is 53.7 Å². The molecule has 1 aromatic rings. The zero-order valence-corrected chi connectivity index (χ0v) is 12.3. The van der Waals surface area contributed by atoms with Gasteiger partial charge in [0.05, 0.1) is 11.3 Å². The third-order valence-electron chi connectivity index (χ3n) is 3.85. The van der Waals surface area contributed by atoms with Crippen LogP contribution in [0.4, 0.5) is 0 Å². The first-order valence-corrected chi connectivity index (χ1v) is 6.75. The molecule has 20 heavy (non-hydrogen) atoms. The number of rotatable bonds is 2. The second kappa shape index (κ2) is 4.89. The van der Waals surface area contributed by atoms with E-state index < -0.39 is 5.97 Å². The van der Waals surface area contributed by atoms with Crippen LogP contribution in [0.15, 0.2) is 12.1 Å². The zero-order valence-electron chi connectivity index (χ0n) is 12.3. The number of aryl methyl sites for hydroxylation is 1. The summed E-state index contributed by atoms with van der Waals surface area (Å²) in [6, 6.07) is 2.95. The number of aromatic nitrogens is 1. The molecule has 0 radical (unpaired) electrons. The number of carbonyl (C=O) groups excluding carboxylic acids is 1. The largest absolute Gasteiger partial charge is 0.478 e. The van der Waals surface area contributed by atoms with Gasteiger partial charge in [-0.1, -0.05) is 6.92 Å². The fraction of sp³-hybridized carbons (Fsp3) is 0.533. The van der Waals surface area contributed by atoms with E-state index in [-0.39, 0.29) is 17.0 Å². The van der Waals surface area contributed by atoms with Crippen LogP contribution in [0.2, 0.25) is 0 Å². The van der Waals surface area contributed by atoms with Crippen molar-refractivity contribution in [1.29, 1.82) is 0 Å². The second-order valence-electron chi connectivity index (χ2n) is 6.17. The van der Waals surface area contributed by atoms with Gasteiger partial charge >= 0.3 is 5.97 Å². The van der Waals surface area contributed by atoms with E-state index in [1.807, 2.05) is 18.7 Å². The summed E-state index contributed by atoms with van der Waals surface area (Å²) in [5.74, 6) is -0.683. The summed E-state index contributed by atoms with van der Waals surface area (Å²) in [6.45, 7) is 8.55. The molecule has 2 rings (SSSR count). The summed E-state index contributed by atoms with van der Waals surface area (Å²) in [5.41, 5.74) is 0.635. The minimum absolute atomic E-state index is 0.126. The van der Waals surface area contributed by atoms with E-state index >= 15 is 0 Å². The Morgan fingerprint density at radius 2 is 2.05 bits per heavy atom. The lowest BCUT2D eigenvalue weighted by atomic mass is 9.97. The number of nitrogens with zero attached hydrogens (tertiary/aromatic N) is 2. The summed E-state index contributed by atoms with van der Waals surface area (Å²) in [7, 11) is 0. The molecule has 1 aliphatic heterocycles. The summed E-state index contributed by atoms with van der Waals surface area (Å²) in [5, 5.41) is 8.99. The van der Waals surface area contributed by atoms with Crippen LogP contribution in [0, 0.1) is 12.8 Å². The SMILES string of the molecule is Cc1nc(C(=O)N2CC(C)CC2(C)C)ccc1C(=O)O. The Morgan fingerprint density at radius 1 is 1.40 bits per heavy atom. The van der Waals surface area contributed by atoms with E-state index in [0.29, 0.717) is 23.9 Å². The van der Waals surface area contributed by atoms with E-state index in [2.05, 4.69) is 11.9 Å². The number of carbonyl (C=O) groups is 2. The Labute approximate surface area is 118 Å². The standard InChI is InChI=1S/C15H20N2O3/c1-9-7-15(3,4)17(8-9)13(18)12-6-5-11(14(19)20)10(2)16-12/h5-6,9H,7-8H2,1-4H3,(H,19,20). The molecule has 0 saturated carbocycles. The highest BCUT2D eigenvalue weighted by molar-refractivity contribution is 5.95. The minimum Gasteiger partial charge on any atom is -0.478 e. The van der Waals surface area contributed by atoms with Gasteiger partial charge in [0.2, 0.25) is 0 Å². The van der Waals surface area contributed by atoms with E-state index in [1.54, 1.807) is 6.92 Å². The van der Waals surface area contributed by atoms with Crippen LogP contribution in [-0.2, 0) is 0 Å². The molecule has 1 aromatic heterocycles. The Morgan fingerprint density at radius 3 is 2.50 bits per heavy atom. The molecule has 1 saturated heterocycles. The van der Waals surface area contributed by atoms with Crippen LogP contribution in [0.5, 0.6) is 0 Å². The van der Waals surface area contributed by atoms with Crippen LogP contribution >= 0.6 is 0 Å². The third kappa shape index (κ3) is 2.53. The number of hydrogen-bond acceptors (Lipinski definition) is 3. The minimum atomic E-state index is -1.02. The van der Waals surface area contributed by atoms with Gasteiger partial charge in [-0.15, -0.1) is 0 Å². The first-order chi connectivity index (χ1) is 9.22. The van der Waals surface area contributed by atoms with E-state index in [4.69, 9.17) is 5.11 Å². The zero-order chi connectivity index (χ0) is 15.1. The lowest BCUT2D eigenvalue weighted by molar-refractivity contribution is 0.0638. The Balaban J connectivity index is 2.30. The maximum absolute atomic E-state index is 12.6. The van der Waals surface area contributed by atoms with Crippen molar-refractivity contribution in [3.63, 3.8) is 0 Å². The molecule has 108 valence electrons. The van der Waals surface area contributed by atoms with Crippen LogP contribution in [-0.4, -0.2) is 39.0 Å². The van der Waals surface area contributed by atoms with Gasteiger partial charge in [0, 0.05) is 12.1 Å². The lowest BCUT2D eigenvalue weighted by Crippen LogP contribution is -2.43. The maximum Gasteiger partial charge on any atom is 0.337 e. The Bertz CT molecular complexity index is 566. The highest BCUT2D eigenvalue weighted by Crippen LogP contribution is 2.33. The molecule has 0 spiro atoms. The Hall–Kier alpha value is -1.91. The first kappa shape index (κ1) is 14.5. The van der Waals surface area contributed by atoms with Gasteiger partial charge in [0.1, 0.15) is 5.69 Å². The third-order valence-corrected chi connectivity index (χ3v) is 3.85. The second-order valence-corrected chi connectivity index (χ2v) is 6.17. The summed E-state index contributed by atoms with van der Waals surface area (Å²) in [6.07, 6.45) is 0.963. The molecule has 1 N–H and O–H groups in total. The molecule has 5 nitrogen and oxygen atoms in total. The van der Waals surface area contributed by atoms with Gasteiger partial charge in [-0.3, -0.25) is 4.79 Å². The molecular weight excluding hydrogens is 256 g/mol. The van der Waals surface area contributed by atoms with Gasteiger partial charge in [-0.25, -0.2) is 9.78 Å². The first-order valence-electron chi connectivity index (χ1n) is 6.75. The van der Waals surface area contributed by atoms with Crippen molar-refractivity contribution in [3.05, 3.63) is 29.1 Å². The topological polar surface area (TPSA) is 70.5 Å². The predicted molar refractivity (Wildman–Crippen MR) is 74.8 cm³/mol. The van der Waals surface area contributed by atoms with E-state index in [0.717, 1.165) is 6.42 Å². The molecule has 1 amide bonds.